The van der Waals surface area contributed by atoms with E-state index in [9.17, 15) is 0 Å². The largest absolute Gasteiger partial charge is 0.496 e. The third-order valence-electron chi connectivity index (χ3n) is 3.45. The molecule has 0 saturated heterocycles. The first kappa shape index (κ1) is 15.8. The fourth-order valence-electron chi connectivity index (χ4n) is 2.28. The van der Waals surface area contributed by atoms with E-state index in [1.54, 1.807) is 19.6 Å². The first-order valence-electron chi connectivity index (χ1n) is 7.67. The Morgan fingerprint density at radius 2 is 2.04 bits per heavy atom. The highest BCUT2D eigenvalue weighted by Gasteiger charge is 2.04. The highest BCUT2D eigenvalue weighted by molar-refractivity contribution is 5.38. The van der Waals surface area contributed by atoms with Crippen molar-refractivity contribution in [2.75, 3.05) is 24.3 Å². The smallest absolute Gasteiger partial charge is 0.245 e. The van der Waals surface area contributed by atoms with E-state index in [2.05, 4.69) is 31.9 Å². The van der Waals surface area contributed by atoms with Crippen LogP contribution in [-0.2, 0) is 13.0 Å². The molecule has 7 nitrogen and oxygen atoms in total. The summed E-state index contributed by atoms with van der Waals surface area (Å²) in [7, 11) is 1.68. The number of rotatable bonds is 8. The van der Waals surface area contributed by atoms with Crippen LogP contribution in [0.5, 0.6) is 5.75 Å². The monoisotopic (exact) mass is 325 g/mol. The minimum Gasteiger partial charge on any atom is -0.496 e. The molecule has 1 aromatic carbocycles. The van der Waals surface area contributed by atoms with Gasteiger partial charge in [0.2, 0.25) is 5.95 Å². The van der Waals surface area contributed by atoms with E-state index < -0.39 is 0 Å². The maximum absolute atomic E-state index is 5.35. The highest BCUT2D eigenvalue weighted by Crippen LogP contribution is 2.17. The van der Waals surface area contributed by atoms with Gasteiger partial charge in [0, 0.05) is 6.54 Å². The lowest BCUT2D eigenvalue weighted by atomic mass is 10.1. The van der Waals surface area contributed by atoms with E-state index in [1.807, 2.05) is 30.3 Å². The fourth-order valence-corrected chi connectivity index (χ4v) is 2.28. The average molecular weight is 325 g/mol. The molecular weight excluding hydrogens is 306 g/mol. The van der Waals surface area contributed by atoms with Gasteiger partial charge < -0.3 is 19.8 Å². The molecule has 0 aliphatic rings. The minimum absolute atomic E-state index is 0.452. The summed E-state index contributed by atoms with van der Waals surface area (Å²) < 4.78 is 10.6. The molecule has 124 valence electrons. The Bertz CT molecular complexity index is 761. The second-order valence-electron chi connectivity index (χ2n) is 5.09. The van der Waals surface area contributed by atoms with E-state index >= 15 is 0 Å². The molecule has 0 aliphatic heterocycles. The van der Waals surface area contributed by atoms with Crippen LogP contribution in [0.15, 0.2) is 53.3 Å². The molecule has 0 radical (unpaired) electrons. The Hall–Kier alpha value is -3.09. The SMILES string of the molecule is COc1ccccc1CCNc1cnnc(NCc2ccco2)n1. The molecule has 0 spiro atoms. The van der Waals surface area contributed by atoms with Crippen LogP contribution >= 0.6 is 0 Å². The third kappa shape index (κ3) is 4.22. The van der Waals surface area contributed by atoms with Crippen LogP contribution in [0.2, 0.25) is 0 Å². The molecule has 24 heavy (non-hydrogen) atoms. The quantitative estimate of drug-likeness (QED) is 0.658. The van der Waals surface area contributed by atoms with Crippen LogP contribution in [0, 0.1) is 0 Å². The predicted molar refractivity (Wildman–Crippen MR) is 91.0 cm³/mol. The molecule has 0 amide bonds. The summed E-state index contributed by atoms with van der Waals surface area (Å²) in [5, 5.41) is 14.2. The van der Waals surface area contributed by atoms with Crippen molar-refractivity contribution in [1.82, 2.24) is 15.2 Å². The van der Waals surface area contributed by atoms with Crippen molar-refractivity contribution in [3.05, 3.63) is 60.2 Å². The Kier molecular flexibility index (Phi) is 5.24. The summed E-state index contributed by atoms with van der Waals surface area (Å²) in [5.41, 5.74) is 1.14. The van der Waals surface area contributed by atoms with Crippen molar-refractivity contribution in [3.8, 4) is 5.75 Å². The second-order valence-corrected chi connectivity index (χ2v) is 5.09. The Balaban J connectivity index is 1.53. The first-order chi connectivity index (χ1) is 11.8. The number of nitrogens with one attached hydrogen (secondary N) is 2. The van der Waals surface area contributed by atoms with Gasteiger partial charge in [-0.1, -0.05) is 18.2 Å². The van der Waals surface area contributed by atoms with Crippen LogP contribution in [0.1, 0.15) is 11.3 Å². The number of ether oxygens (including phenoxy) is 1. The summed E-state index contributed by atoms with van der Waals surface area (Å²) in [6.45, 7) is 1.23. The van der Waals surface area contributed by atoms with E-state index in [4.69, 9.17) is 9.15 Å². The van der Waals surface area contributed by atoms with Gasteiger partial charge >= 0.3 is 0 Å². The van der Waals surface area contributed by atoms with Crippen LogP contribution in [0.4, 0.5) is 11.8 Å². The fraction of sp³-hybridized carbons (Fsp3) is 0.235. The van der Waals surface area contributed by atoms with E-state index in [0.29, 0.717) is 18.3 Å². The molecule has 0 aliphatic carbocycles. The van der Waals surface area contributed by atoms with Crippen LogP contribution in [-0.4, -0.2) is 28.8 Å². The van der Waals surface area contributed by atoms with E-state index in [0.717, 1.165) is 30.0 Å². The number of para-hydroxylation sites is 1. The van der Waals surface area contributed by atoms with Crippen molar-refractivity contribution >= 4 is 11.8 Å². The Labute approximate surface area is 140 Å². The topological polar surface area (TPSA) is 85.1 Å². The lowest BCUT2D eigenvalue weighted by Gasteiger charge is -2.09. The maximum atomic E-state index is 5.35. The number of benzene rings is 1. The van der Waals surface area contributed by atoms with Gasteiger partial charge in [0.05, 0.1) is 26.1 Å². The lowest BCUT2D eigenvalue weighted by Crippen LogP contribution is -2.10. The van der Waals surface area contributed by atoms with Gasteiger partial charge in [0.25, 0.3) is 0 Å². The van der Waals surface area contributed by atoms with Crippen molar-refractivity contribution in [2.45, 2.75) is 13.0 Å². The second kappa shape index (κ2) is 7.96. The van der Waals surface area contributed by atoms with Crippen molar-refractivity contribution in [3.63, 3.8) is 0 Å². The number of hydrogen-bond donors (Lipinski definition) is 2. The summed E-state index contributed by atoms with van der Waals surface area (Å²) >= 11 is 0. The van der Waals surface area contributed by atoms with Crippen LogP contribution in [0.25, 0.3) is 0 Å². The van der Waals surface area contributed by atoms with Gasteiger partial charge in [-0.15, -0.1) is 5.10 Å². The molecule has 3 aromatic rings. The summed E-state index contributed by atoms with van der Waals surface area (Å²) in [6.07, 6.45) is 4.05. The van der Waals surface area contributed by atoms with Gasteiger partial charge in [-0.05, 0) is 30.2 Å². The zero-order chi connectivity index (χ0) is 16.6. The molecule has 2 aromatic heterocycles. The average Bonchev–Trinajstić information content (AvgIpc) is 3.14. The van der Waals surface area contributed by atoms with Gasteiger partial charge in [0.15, 0.2) is 5.82 Å². The van der Waals surface area contributed by atoms with Crippen molar-refractivity contribution in [1.29, 1.82) is 0 Å². The van der Waals surface area contributed by atoms with Crippen LogP contribution < -0.4 is 15.4 Å². The highest BCUT2D eigenvalue weighted by atomic mass is 16.5. The molecule has 0 unspecified atom stereocenters. The number of nitrogens with zero attached hydrogens (tertiary/aromatic N) is 3. The van der Waals surface area contributed by atoms with E-state index in [1.165, 1.54) is 0 Å². The molecule has 2 heterocycles. The third-order valence-corrected chi connectivity index (χ3v) is 3.45. The lowest BCUT2D eigenvalue weighted by molar-refractivity contribution is 0.410. The molecule has 2 N–H and O–H groups in total. The first-order valence-corrected chi connectivity index (χ1v) is 7.67. The normalized spacial score (nSPS) is 10.4. The Morgan fingerprint density at radius 1 is 1.12 bits per heavy atom. The number of anilines is 2. The number of aromatic nitrogens is 3. The Morgan fingerprint density at radius 3 is 2.88 bits per heavy atom. The zero-order valence-electron chi connectivity index (χ0n) is 13.4. The molecule has 3 rings (SSSR count). The molecule has 0 atom stereocenters. The maximum Gasteiger partial charge on any atom is 0.245 e. The molecule has 7 heteroatoms. The minimum atomic E-state index is 0.452. The van der Waals surface area contributed by atoms with Gasteiger partial charge in [0.1, 0.15) is 11.5 Å². The van der Waals surface area contributed by atoms with E-state index in [-0.39, 0.29) is 0 Å². The van der Waals surface area contributed by atoms with Crippen molar-refractivity contribution < 1.29 is 9.15 Å². The standard InChI is InChI=1S/C17H19N5O2/c1-23-15-7-3-2-5-13(15)8-9-18-16-12-20-22-17(21-16)19-11-14-6-4-10-24-14/h2-7,10,12H,8-9,11H2,1H3,(H2,18,19,21,22). The number of furan rings is 1. The summed E-state index contributed by atoms with van der Waals surface area (Å²) in [5.74, 6) is 2.82. The van der Waals surface area contributed by atoms with Crippen LogP contribution in [0.3, 0.4) is 0 Å². The number of methoxy groups -OCH3 is 1. The summed E-state index contributed by atoms with van der Waals surface area (Å²) in [6, 6.07) is 11.7. The molecule has 0 saturated carbocycles. The molecular formula is C17H19N5O2. The van der Waals surface area contributed by atoms with Gasteiger partial charge in [-0.3, -0.25) is 0 Å². The van der Waals surface area contributed by atoms with Crippen molar-refractivity contribution in [2.24, 2.45) is 0 Å². The molecule has 0 bridgehead atoms. The zero-order valence-corrected chi connectivity index (χ0v) is 13.4. The predicted octanol–water partition coefficient (Wildman–Crippen LogP) is 2.74. The number of hydrogen-bond acceptors (Lipinski definition) is 7. The summed E-state index contributed by atoms with van der Waals surface area (Å²) in [4.78, 5) is 4.38. The van der Waals surface area contributed by atoms with Gasteiger partial charge in [-0.25, -0.2) is 0 Å². The van der Waals surface area contributed by atoms with Gasteiger partial charge in [-0.2, -0.15) is 10.1 Å². The molecule has 0 fully saturated rings.